The number of carbonyl (C=O) groups is 1. The van der Waals surface area contributed by atoms with Crippen molar-refractivity contribution in [1.82, 2.24) is 10.2 Å². The molecule has 1 unspecified atom stereocenters. The molecule has 116 valence electrons. The first-order valence-corrected chi connectivity index (χ1v) is 8.11. The Hall–Kier alpha value is -0.770. The van der Waals surface area contributed by atoms with Crippen molar-refractivity contribution in [3.05, 3.63) is 33.8 Å². The number of amides is 1. The zero-order valence-electron chi connectivity index (χ0n) is 12.7. The molecule has 5 heteroatoms. The summed E-state index contributed by atoms with van der Waals surface area (Å²) in [4.78, 5) is 14.6. The van der Waals surface area contributed by atoms with Crippen LogP contribution in [0.25, 0.3) is 0 Å². The average Bonchev–Trinajstić information content (AvgIpc) is 2.36. The molecule has 1 heterocycles. The van der Waals surface area contributed by atoms with Gasteiger partial charge in [0.15, 0.2) is 0 Å². The molecule has 0 bridgehead atoms. The van der Waals surface area contributed by atoms with Gasteiger partial charge in [-0.3, -0.25) is 4.79 Å². The first-order valence-electron chi connectivity index (χ1n) is 7.35. The number of nitrogens with zero attached hydrogens (tertiary/aromatic N) is 1. The summed E-state index contributed by atoms with van der Waals surface area (Å²) in [6.07, 6.45) is 0. The van der Waals surface area contributed by atoms with E-state index < -0.39 is 0 Å². The van der Waals surface area contributed by atoms with Crippen LogP contribution in [0.2, 0.25) is 10.0 Å². The molecule has 0 radical (unpaired) electrons. The topological polar surface area (TPSA) is 32.3 Å². The van der Waals surface area contributed by atoms with Gasteiger partial charge in [-0.25, -0.2) is 0 Å². The maximum atomic E-state index is 12.7. The number of hydrogen-bond donors (Lipinski definition) is 1. The fraction of sp³-hybridized carbons (Fsp3) is 0.562. The minimum atomic E-state index is 0.0522. The largest absolute Gasteiger partial charge is 0.336 e. The lowest BCUT2D eigenvalue weighted by molar-refractivity contribution is -0.139. The van der Waals surface area contributed by atoms with Crippen molar-refractivity contribution < 1.29 is 4.79 Å². The summed E-state index contributed by atoms with van der Waals surface area (Å²) in [6.45, 7) is 8.55. The van der Waals surface area contributed by atoms with Crippen molar-refractivity contribution in [2.75, 3.05) is 13.1 Å². The first kappa shape index (κ1) is 16.6. The lowest BCUT2D eigenvalue weighted by atomic mass is 9.87. The van der Waals surface area contributed by atoms with Crippen LogP contribution >= 0.6 is 23.2 Å². The van der Waals surface area contributed by atoms with Gasteiger partial charge >= 0.3 is 0 Å². The minimum absolute atomic E-state index is 0.0522. The Labute approximate surface area is 136 Å². The first-order chi connectivity index (χ1) is 9.90. The standard InChI is InChI=1S/C16H22Cl2N2O/c1-10(2)20(16(21)11(3)13-7-19-8-13)9-12-4-5-14(17)15(18)6-12/h4-6,10-11,13,19H,7-9H2,1-3H3. The van der Waals surface area contributed by atoms with Crippen LogP contribution in [0.4, 0.5) is 0 Å². The van der Waals surface area contributed by atoms with Gasteiger partial charge in [-0.1, -0.05) is 36.2 Å². The highest BCUT2D eigenvalue weighted by molar-refractivity contribution is 6.42. The number of carbonyl (C=O) groups excluding carboxylic acids is 1. The SMILES string of the molecule is CC(C(=O)N(Cc1ccc(Cl)c(Cl)c1)C(C)C)C1CNC1. The monoisotopic (exact) mass is 328 g/mol. The number of benzene rings is 1. The molecule has 1 aromatic rings. The van der Waals surface area contributed by atoms with Crippen LogP contribution in [0.3, 0.4) is 0 Å². The molecule has 21 heavy (non-hydrogen) atoms. The predicted molar refractivity (Wildman–Crippen MR) is 87.7 cm³/mol. The molecule has 1 aromatic carbocycles. The predicted octanol–water partition coefficient (Wildman–Crippen LogP) is 3.59. The Morgan fingerprint density at radius 3 is 2.43 bits per heavy atom. The van der Waals surface area contributed by atoms with E-state index in [1.807, 2.05) is 37.8 Å². The van der Waals surface area contributed by atoms with E-state index in [9.17, 15) is 4.79 Å². The summed E-state index contributed by atoms with van der Waals surface area (Å²) >= 11 is 12.0. The molecule has 2 rings (SSSR count). The second-order valence-corrected chi connectivity index (χ2v) is 6.83. The zero-order chi connectivity index (χ0) is 15.6. The Balaban J connectivity index is 2.10. The molecule has 1 aliphatic heterocycles. The van der Waals surface area contributed by atoms with Crippen LogP contribution in [0.1, 0.15) is 26.3 Å². The molecule has 1 aliphatic rings. The van der Waals surface area contributed by atoms with E-state index in [4.69, 9.17) is 23.2 Å². The highest BCUT2D eigenvalue weighted by Crippen LogP contribution is 2.25. The quantitative estimate of drug-likeness (QED) is 0.895. The van der Waals surface area contributed by atoms with Crippen LogP contribution < -0.4 is 5.32 Å². The lowest BCUT2D eigenvalue weighted by Crippen LogP contribution is -2.51. The maximum absolute atomic E-state index is 12.7. The van der Waals surface area contributed by atoms with E-state index in [0.717, 1.165) is 18.7 Å². The van der Waals surface area contributed by atoms with Gasteiger partial charge in [-0.05, 0) is 50.6 Å². The second-order valence-electron chi connectivity index (χ2n) is 6.02. The summed E-state index contributed by atoms with van der Waals surface area (Å²) in [6, 6.07) is 5.69. The van der Waals surface area contributed by atoms with E-state index in [-0.39, 0.29) is 17.9 Å². The summed E-state index contributed by atoms with van der Waals surface area (Å²) in [5.41, 5.74) is 1.00. The van der Waals surface area contributed by atoms with Gasteiger partial charge in [0.1, 0.15) is 0 Å². The fourth-order valence-electron chi connectivity index (χ4n) is 2.48. The molecule has 0 aromatic heterocycles. The third-order valence-corrected chi connectivity index (χ3v) is 4.89. The van der Waals surface area contributed by atoms with Crippen molar-refractivity contribution >= 4 is 29.1 Å². The molecule has 1 N–H and O–H groups in total. The summed E-state index contributed by atoms with van der Waals surface area (Å²) in [5.74, 6) is 0.714. The number of hydrogen-bond acceptors (Lipinski definition) is 2. The molecular formula is C16H22Cl2N2O. The van der Waals surface area contributed by atoms with Crippen LogP contribution in [-0.2, 0) is 11.3 Å². The van der Waals surface area contributed by atoms with E-state index >= 15 is 0 Å². The van der Waals surface area contributed by atoms with Gasteiger partial charge in [0, 0.05) is 18.5 Å². The fourth-order valence-corrected chi connectivity index (χ4v) is 2.80. The number of nitrogens with one attached hydrogen (secondary N) is 1. The zero-order valence-corrected chi connectivity index (χ0v) is 14.2. The highest BCUT2D eigenvalue weighted by atomic mass is 35.5. The molecule has 3 nitrogen and oxygen atoms in total. The van der Waals surface area contributed by atoms with Gasteiger partial charge < -0.3 is 10.2 Å². The Bertz CT molecular complexity index is 515. The van der Waals surface area contributed by atoms with E-state index in [2.05, 4.69) is 5.32 Å². The van der Waals surface area contributed by atoms with Crippen molar-refractivity contribution in [3.63, 3.8) is 0 Å². The summed E-state index contributed by atoms with van der Waals surface area (Å²) in [5, 5.41) is 4.29. The second kappa shape index (κ2) is 6.99. The molecule has 1 saturated heterocycles. The van der Waals surface area contributed by atoms with Gasteiger partial charge in [0.05, 0.1) is 10.0 Å². The van der Waals surface area contributed by atoms with E-state index in [0.29, 0.717) is 22.5 Å². The van der Waals surface area contributed by atoms with Crippen molar-refractivity contribution in [2.45, 2.75) is 33.4 Å². The lowest BCUT2D eigenvalue weighted by Gasteiger charge is -2.36. The molecule has 0 spiro atoms. The Morgan fingerprint density at radius 1 is 1.29 bits per heavy atom. The van der Waals surface area contributed by atoms with Crippen LogP contribution in [0.15, 0.2) is 18.2 Å². The van der Waals surface area contributed by atoms with Crippen LogP contribution in [0, 0.1) is 11.8 Å². The Kier molecular flexibility index (Phi) is 5.53. The van der Waals surface area contributed by atoms with Crippen LogP contribution in [-0.4, -0.2) is 29.9 Å². The molecule has 1 atom stereocenters. The van der Waals surface area contributed by atoms with E-state index in [1.54, 1.807) is 6.07 Å². The molecular weight excluding hydrogens is 307 g/mol. The molecule has 1 fully saturated rings. The van der Waals surface area contributed by atoms with E-state index in [1.165, 1.54) is 0 Å². The van der Waals surface area contributed by atoms with Gasteiger partial charge in [0.25, 0.3) is 0 Å². The average molecular weight is 329 g/mol. The molecule has 1 amide bonds. The van der Waals surface area contributed by atoms with Gasteiger partial charge in [0.2, 0.25) is 5.91 Å². The molecule has 0 aliphatic carbocycles. The van der Waals surface area contributed by atoms with Gasteiger partial charge in [-0.15, -0.1) is 0 Å². The van der Waals surface area contributed by atoms with Gasteiger partial charge in [-0.2, -0.15) is 0 Å². The third kappa shape index (κ3) is 3.91. The molecule has 0 saturated carbocycles. The van der Waals surface area contributed by atoms with Crippen molar-refractivity contribution in [2.24, 2.45) is 11.8 Å². The normalized spacial score (nSPS) is 16.7. The van der Waals surface area contributed by atoms with Crippen molar-refractivity contribution in [3.8, 4) is 0 Å². The maximum Gasteiger partial charge on any atom is 0.226 e. The number of rotatable bonds is 5. The highest BCUT2D eigenvalue weighted by Gasteiger charge is 2.32. The summed E-state index contributed by atoms with van der Waals surface area (Å²) < 4.78 is 0. The third-order valence-electron chi connectivity index (χ3n) is 4.15. The van der Waals surface area contributed by atoms with Crippen molar-refractivity contribution in [1.29, 1.82) is 0 Å². The van der Waals surface area contributed by atoms with Crippen LogP contribution in [0.5, 0.6) is 0 Å². The smallest absolute Gasteiger partial charge is 0.226 e. The minimum Gasteiger partial charge on any atom is -0.336 e. The summed E-state index contributed by atoms with van der Waals surface area (Å²) in [7, 11) is 0. The number of halogens is 2. The Morgan fingerprint density at radius 2 is 1.95 bits per heavy atom.